The molecule has 0 saturated heterocycles. The van der Waals surface area contributed by atoms with Gasteiger partial charge in [-0.1, -0.05) is 6.07 Å². The van der Waals surface area contributed by atoms with Gasteiger partial charge in [-0.25, -0.2) is 0 Å². The lowest BCUT2D eigenvalue weighted by molar-refractivity contribution is -0.120. The molecule has 0 radical (unpaired) electrons. The molecule has 3 aromatic heterocycles. The maximum absolute atomic E-state index is 12.2. The molecule has 4 aromatic rings. The quantitative estimate of drug-likeness (QED) is 0.603. The van der Waals surface area contributed by atoms with Gasteiger partial charge < -0.3 is 10.3 Å². The van der Waals surface area contributed by atoms with Gasteiger partial charge in [0.25, 0.3) is 0 Å². The Morgan fingerprint density at radius 1 is 1.26 bits per heavy atom. The molecular weight excluding hydrogens is 306 g/mol. The second-order valence-electron chi connectivity index (χ2n) is 5.46. The number of nitrogens with one attached hydrogen (secondary N) is 2. The molecular formula is C18H15N3OS. The number of amides is 1. The summed E-state index contributed by atoms with van der Waals surface area (Å²) < 4.78 is 1.27. The Balaban J connectivity index is 1.43. The van der Waals surface area contributed by atoms with E-state index in [-0.39, 0.29) is 5.91 Å². The first-order chi connectivity index (χ1) is 11.3. The first kappa shape index (κ1) is 14.0. The summed E-state index contributed by atoms with van der Waals surface area (Å²) in [6.45, 7) is 0.542. The number of aromatic nitrogens is 2. The molecule has 4 nitrogen and oxygen atoms in total. The van der Waals surface area contributed by atoms with Crippen LogP contribution in [0.1, 0.15) is 11.1 Å². The fourth-order valence-electron chi connectivity index (χ4n) is 2.71. The molecule has 0 aliphatic carbocycles. The van der Waals surface area contributed by atoms with E-state index in [2.05, 4.69) is 44.9 Å². The molecule has 114 valence electrons. The lowest BCUT2D eigenvalue weighted by atomic mass is 10.1. The van der Waals surface area contributed by atoms with Gasteiger partial charge in [0.2, 0.25) is 5.91 Å². The highest BCUT2D eigenvalue weighted by Gasteiger charge is 2.09. The van der Waals surface area contributed by atoms with Gasteiger partial charge in [0.15, 0.2) is 0 Å². The summed E-state index contributed by atoms with van der Waals surface area (Å²) >= 11 is 1.73. The smallest absolute Gasteiger partial charge is 0.224 e. The monoisotopic (exact) mass is 321 g/mol. The lowest BCUT2D eigenvalue weighted by Crippen LogP contribution is -2.24. The van der Waals surface area contributed by atoms with E-state index in [0.29, 0.717) is 13.0 Å². The average molecular weight is 321 g/mol. The third kappa shape index (κ3) is 2.83. The Morgan fingerprint density at radius 3 is 3.17 bits per heavy atom. The number of hydrogen-bond donors (Lipinski definition) is 2. The van der Waals surface area contributed by atoms with E-state index < -0.39 is 0 Å². The van der Waals surface area contributed by atoms with Crippen LogP contribution in [0.4, 0.5) is 0 Å². The number of H-pyrrole nitrogens is 1. The van der Waals surface area contributed by atoms with E-state index in [4.69, 9.17) is 0 Å². The number of pyridine rings is 1. The van der Waals surface area contributed by atoms with Crippen molar-refractivity contribution in [1.82, 2.24) is 15.3 Å². The van der Waals surface area contributed by atoms with Crippen LogP contribution in [-0.4, -0.2) is 15.9 Å². The summed E-state index contributed by atoms with van der Waals surface area (Å²) in [6, 6.07) is 12.2. The summed E-state index contributed by atoms with van der Waals surface area (Å²) in [6.07, 6.45) is 3.93. The number of carbonyl (C=O) groups excluding carboxylic acids is 1. The zero-order chi connectivity index (χ0) is 15.6. The van der Waals surface area contributed by atoms with E-state index >= 15 is 0 Å². The highest BCUT2D eigenvalue weighted by atomic mass is 32.1. The van der Waals surface area contributed by atoms with Crippen LogP contribution in [0, 0.1) is 0 Å². The molecule has 23 heavy (non-hydrogen) atoms. The Bertz CT molecular complexity index is 986. The molecule has 0 bridgehead atoms. The Labute approximate surface area is 137 Å². The predicted molar refractivity (Wildman–Crippen MR) is 93.5 cm³/mol. The number of hydrogen-bond acceptors (Lipinski definition) is 3. The number of nitrogens with zero attached hydrogens (tertiary/aromatic N) is 1. The van der Waals surface area contributed by atoms with Gasteiger partial charge >= 0.3 is 0 Å². The summed E-state index contributed by atoms with van der Waals surface area (Å²) in [5.74, 6) is 0.00182. The van der Waals surface area contributed by atoms with E-state index in [0.717, 1.165) is 22.2 Å². The third-order valence-electron chi connectivity index (χ3n) is 3.87. The van der Waals surface area contributed by atoms with Crippen LogP contribution in [0.25, 0.3) is 21.1 Å². The van der Waals surface area contributed by atoms with Gasteiger partial charge in [-0.2, -0.15) is 0 Å². The van der Waals surface area contributed by atoms with E-state index in [1.54, 1.807) is 17.5 Å². The SMILES string of the molecule is O=C(Cc1c[nH]c2cccnc12)NCc1ccc2sccc2c1. The van der Waals surface area contributed by atoms with Crippen molar-refractivity contribution in [1.29, 1.82) is 0 Å². The zero-order valence-electron chi connectivity index (χ0n) is 12.4. The van der Waals surface area contributed by atoms with Crippen molar-refractivity contribution in [3.05, 3.63) is 65.3 Å². The molecule has 0 atom stereocenters. The van der Waals surface area contributed by atoms with Crippen molar-refractivity contribution in [2.75, 3.05) is 0 Å². The largest absolute Gasteiger partial charge is 0.360 e. The molecule has 0 aliphatic heterocycles. The molecule has 1 aromatic carbocycles. The summed E-state index contributed by atoms with van der Waals surface area (Å²) in [5.41, 5.74) is 3.85. The Hall–Kier alpha value is -2.66. The first-order valence-corrected chi connectivity index (χ1v) is 8.31. The minimum absolute atomic E-state index is 0.00182. The van der Waals surface area contributed by atoms with E-state index in [9.17, 15) is 4.79 Å². The van der Waals surface area contributed by atoms with E-state index in [1.165, 1.54) is 10.1 Å². The van der Waals surface area contributed by atoms with E-state index in [1.807, 2.05) is 18.3 Å². The van der Waals surface area contributed by atoms with Crippen LogP contribution in [0.15, 0.2) is 54.2 Å². The molecule has 0 spiro atoms. The van der Waals surface area contributed by atoms with Crippen molar-refractivity contribution >= 4 is 38.4 Å². The third-order valence-corrected chi connectivity index (χ3v) is 4.77. The molecule has 0 aliphatic rings. The van der Waals surface area contributed by atoms with Crippen LogP contribution in [0.5, 0.6) is 0 Å². The topological polar surface area (TPSA) is 57.8 Å². The van der Waals surface area contributed by atoms with Gasteiger partial charge in [0.05, 0.1) is 17.5 Å². The molecule has 2 N–H and O–H groups in total. The molecule has 0 unspecified atom stereocenters. The van der Waals surface area contributed by atoms with Crippen LogP contribution >= 0.6 is 11.3 Å². The van der Waals surface area contributed by atoms with Gasteiger partial charge in [-0.3, -0.25) is 9.78 Å². The number of rotatable bonds is 4. The summed E-state index contributed by atoms with van der Waals surface area (Å²) in [4.78, 5) is 19.7. The number of aromatic amines is 1. The van der Waals surface area contributed by atoms with Crippen LogP contribution < -0.4 is 5.32 Å². The fourth-order valence-corrected chi connectivity index (χ4v) is 3.48. The zero-order valence-corrected chi connectivity index (χ0v) is 13.2. The average Bonchev–Trinajstić information content (AvgIpc) is 3.20. The maximum Gasteiger partial charge on any atom is 0.224 e. The van der Waals surface area contributed by atoms with Crippen molar-refractivity contribution < 1.29 is 4.79 Å². The van der Waals surface area contributed by atoms with Crippen molar-refractivity contribution in [3.63, 3.8) is 0 Å². The second kappa shape index (κ2) is 5.85. The molecule has 1 amide bonds. The number of fused-ring (bicyclic) bond motifs is 2. The minimum Gasteiger partial charge on any atom is -0.360 e. The van der Waals surface area contributed by atoms with Crippen LogP contribution in [-0.2, 0) is 17.8 Å². The second-order valence-corrected chi connectivity index (χ2v) is 6.41. The van der Waals surface area contributed by atoms with Crippen molar-refractivity contribution in [2.45, 2.75) is 13.0 Å². The molecule has 0 fully saturated rings. The highest BCUT2D eigenvalue weighted by molar-refractivity contribution is 7.17. The lowest BCUT2D eigenvalue weighted by Gasteiger charge is -2.05. The Kier molecular flexibility index (Phi) is 3.55. The van der Waals surface area contributed by atoms with Crippen LogP contribution in [0.3, 0.4) is 0 Å². The van der Waals surface area contributed by atoms with Crippen molar-refractivity contribution in [3.8, 4) is 0 Å². The van der Waals surface area contributed by atoms with Gasteiger partial charge in [0.1, 0.15) is 0 Å². The number of thiophene rings is 1. The first-order valence-electron chi connectivity index (χ1n) is 7.43. The number of benzene rings is 1. The molecule has 4 rings (SSSR count). The number of carbonyl (C=O) groups is 1. The van der Waals surface area contributed by atoms with Crippen LogP contribution in [0.2, 0.25) is 0 Å². The standard InChI is InChI=1S/C18H15N3OS/c22-17(9-14-11-20-15-2-1-6-19-18(14)15)21-10-12-3-4-16-13(8-12)5-7-23-16/h1-8,11,20H,9-10H2,(H,21,22). The van der Waals surface area contributed by atoms with Gasteiger partial charge in [-0.15, -0.1) is 11.3 Å². The fraction of sp³-hybridized carbons (Fsp3) is 0.111. The summed E-state index contributed by atoms with van der Waals surface area (Å²) in [7, 11) is 0. The summed E-state index contributed by atoms with van der Waals surface area (Å²) in [5, 5.41) is 6.29. The molecule has 5 heteroatoms. The highest BCUT2D eigenvalue weighted by Crippen LogP contribution is 2.21. The van der Waals surface area contributed by atoms with Gasteiger partial charge in [-0.05, 0) is 46.7 Å². The molecule has 0 saturated carbocycles. The molecule has 3 heterocycles. The Morgan fingerprint density at radius 2 is 2.22 bits per heavy atom. The normalized spacial score (nSPS) is 11.1. The predicted octanol–water partition coefficient (Wildman–Crippen LogP) is 3.64. The van der Waals surface area contributed by atoms with Crippen molar-refractivity contribution in [2.24, 2.45) is 0 Å². The van der Waals surface area contributed by atoms with Gasteiger partial charge in [0, 0.05) is 29.2 Å². The maximum atomic E-state index is 12.2. The minimum atomic E-state index is 0.00182.